The smallest absolute Gasteiger partial charge is 0.224 e. The zero-order chi connectivity index (χ0) is 20.2. The maximum atomic E-state index is 12.4. The normalized spacial score (nSPS) is 14.2. The third kappa shape index (κ3) is 4.88. The number of nitrogens with zero attached hydrogens (tertiary/aromatic N) is 2. The molecule has 1 aliphatic heterocycles. The molecule has 1 N–H and O–H groups in total. The van der Waals surface area contributed by atoms with Crippen LogP contribution in [0.2, 0.25) is 0 Å². The number of methoxy groups -OCH3 is 1. The molecule has 29 heavy (non-hydrogen) atoms. The number of hydrogen-bond donors (Lipinski definition) is 1. The van der Waals surface area contributed by atoms with Crippen molar-refractivity contribution in [1.82, 2.24) is 4.98 Å². The van der Waals surface area contributed by atoms with E-state index in [9.17, 15) is 4.79 Å². The summed E-state index contributed by atoms with van der Waals surface area (Å²) in [6.07, 6.45) is 1.08. The lowest BCUT2D eigenvalue weighted by Gasteiger charge is -2.25. The zero-order valence-electron chi connectivity index (χ0n) is 16.1. The van der Waals surface area contributed by atoms with Crippen molar-refractivity contribution in [2.45, 2.75) is 12.8 Å². The van der Waals surface area contributed by atoms with E-state index in [4.69, 9.17) is 14.5 Å². The maximum Gasteiger partial charge on any atom is 0.224 e. The summed E-state index contributed by atoms with van der Waals surface area (Å²) >= 11 is 5.13. The molecular formula is C21H22BrN3O3S. The predicted octanol–water partition coefficient (Wildman–Crippen LogP) is 4.48. The minimum absolute atomic E-state index is 0.00536. The highest BCUT2D eigenvalue weighted by atomic mass is 79.9. The number of anilines is 2. The van der Waals surface area contributed by atoms with E-state index in [1.165, 1.54) is 0 Å². The molecule has 1 aromatic heterocycles. The number of ether oxygens (including phenoxy) is 2. The first-order valence-electron chi connectivity index (χ1n) is 9.48. The number of benzene rings is 2. The Morgan fingerprint density at radius 3 is 2.86 bits per heavy atom. The van der Waals surface area contributed by atoms with Crippen molar-refractivity contribution in [2.24, 2.45) is 0 Å². The van der Waals surface area contributed by atoms with Crippen molar-refractivity contribution in [2.75, 3.05) is 43.6 Å². The van der Waals surface area contributed by atoms with Crippen LogP contribution in [0.4, 0.5) is 10.8 Å². The van der Waals surface area contributed by atoms with Crippen molar-refractivity contribution >= 4 is 54.2 Å². The van der Waals surface area contributed by atoms with Crippen molar-refractivity contribution in [1.29, 1.82) is 0 Å². The molecule has 1 amide bonds. The standard InChI is InChI=1S/C21H22BrN3O3S/c1-27-18-6-2-14(12-16(18)22)3-7-20(26)23-15-4-5-17-19(13-15)29-21(24-17)25-8-10-28-11-9-25/h2,4-6,12-13H,3,7-11H2,1H3,(H,23,26). The van der Waals surface area contributed by atoms with Crippen LogP contribution in [0.25, 0.3) is 10.2 Å². The number of fused-ring (bicyclic) bond motifs is 1. The molecule has 1 fully saturated rings. The van der Waals surface area contributed by atoms with Gasteiger partial charge in [-0.2, -0.15) is 0 Å². The van der Waals surface area contributed by atoms with E-state index in [2.05, 4.69) is 26.1 Å². The first-order chi connectivity index (χ1) is 14.1. The van der Waals surface area contributed by atoms with Gasteiger partial charge in [0.05, 0.1) is 35.0 Å². The fourth-order valence-corrected chi connectivity index (χ4v) is 4.87. The van der Waals surface area contributed by atoms with Crippen molar-refractivity contribution < 1.29 is 14.3 Å². The minimum Gasteiger partial charge on any atom is -0.496 e. The predicted molar refractivity (Wildman–Crippen MR) is 120 cm³/mol. The molecule has 2 aromatic carbocycles. The van der Waals surface area contributed by atoms with Crippen LogP contribution in [0.3, 0.4) is 0 Å². The number of nitrogens with one attached hydrogen (secondary N) is 1. The van der Waals surface area contributed by atoms with E-state index >= 15 is 0 Å². The number of aryl methyl sites for hydroxylation is 1. The highest BCUT2D eigenvalue weighted by Gasteiger charge is 2.16. The average Bonchev–Trinajstić information content (AvgIpc) is 3.16. The Labute approximate surface area is 182 Å². The summed E-state index contributed by atoms with van der Waals surface area (Å²) in [6, 6.07) is 11.7. The Balaban J connectivity index is 1.38. The first-order valence-corrected chi connectivity index (χ1v) is 11.1. The van der Waals surface area contributed by atoms with Crippen LogP contribution in [0.15, 0.2) is 40.9 Å². The molecule has 0 atom stereocenters. The van der Waals surface area contributed by atoms with Crippen LogP contribution in [0.5, 0.6) is 5.75 Å². The molecule has 152 valence electrons. The van der Waals surface area contributed by atoms with Gasteiger partial charge in [-0.05, 0) is 58.2 Å². The molecule has 8 heteroatoms. The summed E-state index contributed by atoms with van der Waals surface area (Å²) in [5.41, 5.74) is 2.84. The molecule has 0 unspecified atom stereocenters. The summed E-state index contributed by atoms with van der Waals surface area (Å²) in [7, 11) is 1.64. The monoisotopic (exact) mass is 475 g/mol. The van der Waals surface area contributed by atoms with Crippen LogP contribution in [0, 0.1) is 0 Å². The Morgan fingerprint density at radius 1 is 1.28 bits per heavy atom. The second-order valence-corrected chi connectivity index (χ2v) is 8.66. The summed E-state index contributed by atoms with van der Waals surface area (Å²) < 4.78 is 12.6. The van der Waals surface area contributed by atoms with Gasteiger partial charge in [-0.1, -0.05) is 17.4 Å². The molecule has 0 spiro atoms. The van der Waals surface area contributed by atoms with E-state index < -0.39 is 0 Å². The number of carbonyl (C=O) groups excluding carboxylic acids is 1. The van der Waals surface area contributed by atoms with E-state index in [-0.39, 0.29) is 5.91 Å². The van der Waals surface area contributed by atoms with Gasteiger partial charge >= 0.3 is 0 Å². The van der Waals surface area contributed by atoms with Crippen molar-refractivity contribution in [3.05, 3.63) is 46.4 Å². The minimum atomic E-state index is -0.00536. The largest absolute Gasteiger partial charge is 0.496 e. The fraction of sp³-hybridized carbons (Fsp3) is 0.333. The van der Waals surface area contributed by atoms with E-state index in [0.717, 1.165) is 63.1 Å². The molecule has 0 aliphatic carbocycles. The van der Waals surface area contributed by atoms with Gasteiger partial charge in [0.2, 0.25) is 5.91 Å². The van der Waals surface area contributed by atoms with Gasteiger partial charge < -0.3 is 19.7 Å². The molecule has 0 saturated carbocycles. The van der Waals surface area contributed by atoms with Crippen LogP contribution in [0.1, 0.15) is 12.0 Å². The van der Waals surface area contributed by atoms with E-state index in [1.54, 1.807) is 18.4 Å². The fourth-order valence-electron chi connectivity index (χ4n) is 3.23. The second kappa shape index (κ2) is 9.11. The molecule has 2 heterocycles. The Morgan fingerprint density at radius 2 is 2.10 bits per heavy atom. The molecule has 4 rings (SSSR count). The third-order valence-electron chi connectivity index (χ3n) is 4.80. The van der Waals surface area contributed by atoms with Crippen LogP contribution in [-0.2, 0) is 16.0 Å². The summed E-state index contributed by atoms with van der Waals surface area (Å²) in [5.74, 6) is 0.779. The van der Waals surface area contributed by atoms with Crippen molar-refractivity contribution in [3.8, 4) is 5.75 Å². The van der Waals surface area contributed by atoms with Gasteiger partial charge in [-0.25, -0.2) is 4.98 Å². The Bertz CT molecular complexity index is 1020. The number of hydrogen-bond acceptors (Lipinski definition) is 6. The van der Waals surface area contributed by atoms with Crippen LogP contribution >= 0.6 is 27.3 Å². The summed E-state index contributed by atoms with van der Waals surface area (Å²) in [6.45, 7) is 3.21. The van der Waals surface area contributed by atoms with Crippen LogP contribution < -0.4 is 15.0 Å². The van der Waals surface area contributed by atoms with Crippen molar-refractivity contribution in [3.63, 3.8) is 0 Å². The Hall–Kier alpha value is -2.16. The number of aromatic nitrogens is 1. The first kappa shape index (κ1) is 20.1. The van der Waals surface area contributed by atoms with Gasteiger partial charge in [0.15, 0.2) is 5.13 Å². The van der Waals surface area contributed by atoms with Gasteiger partial charge in [0.25, 0.3) is 0 Å². The third-order valence-corrected chi connectivity index (χ3v) is 6.50. The number of rotatable bonds is 6. The number of carbonyl (C=O) groups is 1. The number of amides is 1. The number of thiazole rings is 1. The lowest BCUT2D eigenvalue weighted by atomic mass is 10.1. The van der Waals surface area contributed by atoms with Gasteiger partial charge in [-0.3, -0.25) is 4.79 Å². The maximum absolute atomic E-state index is 12.4. The zero-order valence-corrected chi connectivity index (χ0v) is 18.5. The second-order valence-electron chi connectivity index (χ2n) is 6.80. The molecule has 0 bridgehead atoms. The quantitative estimate of drug-likeness (QED) is 0.569. The molecular weight excluding hydrogens is 454 g/mol. The summed E-state index contributed by atoms with van der Waals surface area (Å²) in [5, 5.41) is 4.01. The topological polar surface area (TPSA) is 63.7 Å². The highest BCUT2D eigenvalue weighted by Crippen LogP contribution is 2.31. The molecule has 1 aliphatic rings. The molecule has 3 aromatic rings. The number of halogens is 1. The van der Waals surface area contributed by atoms with E-state index in [0.29, 0.717) is 12.8 Å². The average molecular weight is 476 g/mol. The lowest BCUT2D eigenvalue weighted by Crippen LogP contribution is -2.36. The van der Waals surface area contributed by atoms with Gasteiger partial charge in [0, 0.05) is 25.2 Å². The molecule has 1 saturated heterocycles. The van der Waals surface area contributed by atoms with Gasteiger partial charge in [0.1, 0.15) is 5.75 Å². The molecule has 6 nitrogen and oxygen atoms in total. The Kier molecular flexibility index (Phi) is 6.32. The lowest BCUT2D eigenvalue weighted by molar-refractivity contribution is -0.116. The highest BCUT2D eigenvalue weighted by molar-refractivity contribution is 9.10. The van der Waals surface area contributed by atoms with Gasteiger partial charge in [-0.15, -0.1) is 0 Å². The SMILES string of the molecule is COc1ccc(CCC(=O)Nc2ccc3nc(N4CCOCC4)sc3c2)cc1Br. The van der Waals surface area contributed by atoms with Crippen LogP contribution in [-0.4, -0.2) is 44.3 Å². The van der Waals surface area contributed by atoms with E-state index in [1.807, 2.05) is 36.4 Å². The summed E-state index contributed by atoms with van der Waals surface area (Å²) in [4.78, 5) is 19.4. The number of morpholine rings is 1. The molecule has 0 radical (unpaired) electrons.